The van der Waals surface area contributed by atoms with E-state index in [0.717, 1.165) is 0 Å². The Kier molecular flexibility index (Phi) is 3.18. The molecule has 9 rings (SSSR count). The minimum absolute atomic E-state index is 0.00926. The summed E-state index contributed by atoms with van der Waals surface area (Å²) in [5.41, 5.74) is 1.26. The average molecular weight is 560 g/mol. The van der Waals surface area contributed by atoms with Gasteiger partial charge in [-0.15, -0.1) is 0 Å². The van der Waals surface area contributed by atoms with Crippen molar-refractivity contribution < 1.29 is 22.2 Å². The van der Waals surface area contributed by atoms with Crippen LogP contribution in [0.25, 0.3) is 87.6 Å². The lowest BCUT2D eigenvalue weighted by Gasteiger charge is -2.18. The molecular formula is C42H26O. The van der Waals surface area contributed by atoms with E-state index >= 15 is 0 Å². The van der Waals surface area contributed by atoms with Gasteiger partial charge in [0.15, 0.2) is 0 Å². The van der Waals surface area contributed by atoms with Crippen LogP contribution in [-0.4, -0.2) is 0 Å². The third kappa shape index (κ3) is 3.79. The van der Waals surface area contributed by atoms with Crippen molar-refractivity contribution in [3.05, 3.63) is 157 Å². The third-order valence-electron chi connectivity index (χ3n) is 7.75. The van der Waals surface area contributed by atoms with Crippen molar-refractivity contribution in [2.75, 3.05) is 0 Å². The molecule has 1 heterocycles. The molecule has 0 saturated heterocycles. The molecule has 0 atom stereocenters. The molecule has 1 nitrogen and oxygen atoms in total. The zero-order chi connectivity index (χ0) is 39.6. The standard InChI is InChI=1S/C42H26O/c1-2-11-27(12-3-1)28-15-10-16-31(23-28)41-33-17-6-8-19-35(33)42(36-20-9-7-18-34(36)41)32-21-22-39-37(25-32)38-24-29-13-4-5-14-30(29)26-40(38)43-39/h1-26H/i4D,5D,10D,13D,14D,15D,16D,21D,22D,23D,24D,25D,26D. The van der Waals surface area contributed by atoms with E-state index < -0.39 is 42.3 Å². The summed E-state index contributed by atoms with van der Waals surface area (Å²) in [6.45, 7) is 0. The van der Waals surface area contributed by atoms with Gasteiger partial charge in [0, 0.05) is 10.8 Å². The Balaban J connectivity index is 1.45. The summed E-state index contributed by atoms with van der Waals surface area (Å²) in [4.78, 5) is 0. The summed E-state index contributed by atoms with van der Waals surface area (Å²) in [6, 6.07) is 17.9. The summed E-state index contributed by atoms with van der Waals surface area (Å²) in [5.74, 6) is 0. The van der Waals surface area contributed by atoms with Gasteiger partial charge in [-0.25, -0.2) is 0 Å². The average Bonchev–Trinajstić information content (AvgIpc) is 3.62. The molecular weight excluding hydrogens is 520 g/mol. The molecule has 0 aliphatic heterocycles. The van der Waals surface area contributed by atoms with Crippen molar-refractivity contribution in [2.45, 2.75) is 0 Å². The van der Waals surface area contributed by atoms with E-state index in [1.807, 2.05) is 6.07 Å². The van der Waals surface area contributed by atoms with Crippen LogP contribution >= 0.6 is 0 Å². The second-order valence-electron chi connectivity index (χ2n) is 10.2. The van der Waals surface area contributed by atoms with Crippen LogP contribution in [0.1, 0.15) is 17.8 Å². The van der Waals surface area contributed by atoms with E-state index in [0.29, 0.717) is 38.2 Å². The Morgan fingerprint density at radius 1 is 0.372 bits per heavy atom. The van der Waals surface area contributed by atoms with Gasteiger partial charge in [-0.1, -0.05) is 127 Å². The predicted molar refractivity (Wildman–Crippen MR) is 183 cm³/mol. The molecule has 8 aromatic carbocycles. The second-order valence-corrected chi connectivity index (χ2v) is 10.2. The van der Waals surface area contributed by atoms with Crippen LogP contribution in [0.15, 0.2) is 162 Å². The summed E-state index contributed by atoms with van der Waals surface area (Å²) < 4.78 is 122. The molecule has 0 spiro atoms. The van der Waals surface area contributed by atoms with E-state index in [2.05, 4.69) is 0 Å². The first kappa shape index (κ1) is 14.5. The minimum atomic E-state index is -0.584. The maximum absolute atomic E-state index is 9.71. The van der Waals surface area contributed by atoms with Crippen LogP contribution in [0.3, 0.4) is 0 Å². The molecule has 0 aliphatic carbocycles. The van der Waals surface area contributed by atoms with E-state index in [4.69, 9.17) is 15.4 Å². The Morgan fingerprint density at radius 2 is 0.930 bits per heavy atom. The van der Waals surface area contributed by atoms with Gasteiger partial charge in [-0.2, -0.15) is 0 Å². The van der Waals surface area contributed by atoms with Crippen LogP contribution in [0.2, 0.25) is 0 Å². The predicted octanol–water partition coefficient (Wildman–Crippen LogP) is 12.0. The first-order valence-electron chi connectivity index (χ1n) is 20.2. The maximum atomic E-state index is 9.71. The van der Waals surface area contributed by atoms with Crippen molar-refractivity contribution in [2.24, 2.45) is 0 Å². The van der Waals surface area contributed by atoms with Gasteiger partial charge >= 0.3 is 0 Å². The molecule has 1 aromatic heterocycles. The highest BCUT2D eigenvalue weighted by Crippen LogP contribution is 2.45. The number of hydrogen-bond acceptors (Lipinski definition) is 1. The Labute approximate surface area is 267 Å². The topological polar surface area (TPSA) is 13.1 Å². The highest BCUT2D eigenvalue weighted by atomic mass is 16.3. The molecule has 1 heteroatoms. The van der Waals surface area contributed by atoms with Gasteiger partial charge in [-0.05, 0) is 95.9 Å². The van der Waals surface area contributed by atoms with E-state index in [1.54, 1.807) is 72.8 Å². The minimum Gasteiger partial charge on any atom is -0.456 e. The fraction of sp³-hybridized carbons (Fsp3) is 0. The lowest BCUT2D eigenvalue weighted by molar-refractivity contribution is 0.669. The summed E-state index contributed by atoms with van der Waals surface area (Å²) >= 11 is 0. The molecule has 0 radical (unpaired) electrons. The normalized spacial score (nSPS) is 16.0. The van der Waals surface area contributed by atoms with Gasteiger partial charge in [0.05, 0.1) is 17.8 Å². The van der Waals surface area contributed by atoms with Crippen molar-refractivity contribution >= 4 is 54.3 Å². The summed E-state index contributed by atoms with van der Waals surface area (Å²) in [5, 5.41) is 1.47. The van der Waals surface area contributed by atoms with Crippen molar-refractivity contribution in [3.8, 4) is 33.4 Å². The zero-order valence-corrected chi connectivity index (χ0v) is 22.4. The molecule has 0 fully saturated rings. The highest BCUT2D eigenvalue weighted by molar-refractivity contribution is 6.22. The van der Waals surface area contributed by atoms with E-state index in [9.17, 15) is 6.85 Å². The molecule has 0 N–H and O–H groups in total. The first-order valence-corrected chi connectivity index (χ1v) is 13.7. The van der Waals surface area contributed by atoms with Crippen LogP contribution < -0.4 is 0 Å². The van der Waals surface area contributed by atoms with Crippen molar-refractivity contribution in [1.29, 1.82) is 0 Å². The molecule has 0 aliphatic rings. The molecule has 43 heavy (non-hydrogen) atoms. The number of fused-ring (bicyclic) bond motifs is 6. The fourth-order valence-electron chi connectivity index (χ4n) is 5.87. The third-order valence-corrected chi connectivity index (χ3v) is 7.75. The Morgan fingerprint density at radius 3 is 1.60 bits per heavy atom. The van der Waals surface area contributed by atoms with Gasteiger partial charge in [-0.3, -0.25) is 0 Å². The molecule has 200 valence electrons. The highest BCUT2D eigenvalue weighted by Gasteiger charge is 2.18. The summed E-state index contributed by atoms with van der Waals surface area (Å²) in [6.07, 6.45) is 0. The van der Waals surface area contributed by atoms with Crippen molar-refractivity contribution in [3.63, 3.8) is 0 Å². The first-order chi connectivity index (χ1) is 26.8. The number of furan rings is 1. The van der Waals surface area contributed by atoms with Gasteiger partial charge < -0.3 is 4.42 Å². The number of benzene rings is 8. The zero-order valence-electron chi connectivity index (χ0n) is 35.4. The van der Waals surface area contributed by atoms with E-state index in [1.165, 1.54) is 0 Å². The quantitative estimate of drug-likeness (QED) is 0.196. The summed E-state index contributed by atoms with van der Waals surface area (Å²) in [7, 11) is 0. The fourth-order valence-corrected chi connectivity index (χ4v) is 5.87. The largest absolute Gasteiger partial charge is 0.456 e. The Bertz CT molecular complexity index is 3170. The van der Waals surface area contributed by atoms with Gasteiger partial charge in [0.2, 0.25) is 0 Å². The lowest BCUT2D eigenvalue weighted by Crippen LogP contribution is -1.91. The second kappa shape index (κ2) is 9.44. The number of rotatable bonds is 3. The Hall–Kier alpha value is -5.66. The molecule has 0 unspecified atom stereocenters. The van der Waals surface area contributed by atoms with Gasteiger partial charge in [0.1, 0.15) is 11.2 Å². The SMILES string of the molecule is [2H]c1c([2H])c(-c2ccccc2)c([2H])c(-c2c3ccccc3c(-c3c([2H])c([2H])c4oc5c([2H])c6c([2H])c([2H])c([2H])c([2H])c6c([2H])c5c4c3[2H])c3ccccc23)c1[2H]. The smallest absolute Gasteiger partial charge is 0.136 e. The maximum Gasteiger partial charge on any atom is 0.136 e. The van der Waals surface area contributed by atoms with Crippen LogP contribution in [-0.2, 0) is 0 Å². The van der Waals surface area contributed by atoms with Crippen LogP contribution in [0, 0.1) is 0 Å². The van der Waals surface area contributed by atoms with Crippen LogP contribution in [0.5, 0.6) is 0 Å². The molecule has 0 saturated carbocycles. The molecule has 0 bridgehead atoms. The van der Waals surface area contributed by atoms with Crippen LogP contribution in [0.4, 0.5) is 0 Å². The van der Waals surface area contributed by atoms with Crippen molar-refractivity contribution in [1.82, 2.24) is 0 Å². The molecule has 0 amide bonds. The van der Waals surface area contributed by atoms with E-state index in [-0.39, 0.29) is 85.7 Å². The number of hydrogen-bond donors (Lipinski definition) is 0. The lowest BCUT2D eigenvalue weighted by atomic mass is 9.85. The monoisotopic (exact) mass is 559 g/mol. The molecule has 9 aromatic rings. The van der Waals surface area contributed by atoms with Gasteiger partial charge in [0.25, 0.3) is 0 Å².